The van der Waals surface area contributed by atoms with Crippen LogP contribution in [0.15, 0.2) is 59.8 Å². The van der Waals surface area contributed by atoms with Gasteiger partial charge in [-0.25, -0.2) is 22.5 Å². The molecule has 1 unspecified atom stereocenters. The Balaban J connectivity index is 1.40. The van der Waals surface area contributed by atoms with Gasteiger partial charge in [0.1, 0.15) is 17.7 Å². The molecule has 1 aliphatic carbocycles. The normalized spacial score (nSPS) is 14.5. The fourth-order valence-electron chi connectivity index (χ4n) is 4.10. The van der Waals surface area contributed by atoms with Crippen molar-refractivity contribution in [2.75, 3.05) is 6.54 Å². The van der Waals surface area contributed by atoms with E-state index in [0.717, 1.165) is 31.2 Å². The van der Waals surface area contributed by atoms with Crippen LogP contribution in [0.5, 0.6) is 0 Å². The Morgan fingerprint density at radius 2 is 1.85 bits per heavy atom. The number of halogens is 1. The van der Waals surface area contributed by atoms with Crippen LogP contribution in [0.1, 0.15) is 47.8 Å². The first-order valence-corrected chi connectivity index (χ1v) is 12.5. The standard InChI is InChI=1S/C24H27FN4O3S/c1-29-15-14-26-24(29)23(18-6-9-20(25)10-7-18)28-22(30)12-13-27-33(31,32)21-11-8-17-4-2-3-5-19(17)16-21/h6-11,14-16,23,27H,2-5,12-13H2,1H3,(H,28,30). The maximum Gasteiger partial charge on any atom is 0.240 e. The Morgan fingerprint density at radius 3 is 2.55 bits per heavy atom. The van der Waals surface area contributed by atoms with Crippen LogP contribution in [0.4, 0.5) is 4.39 Å². The zero-order chi connectivity index (χ0) is 23.4. The van der Waals surface area contributed by atoms with Gasteiger partial charge >= 0.3 is 0 Å². The molecule has 0 saturated heterocycles. The Morgan fingerprint density at radius 1 is 1.12 bits per heavy atom. The predicted octanol–water partition coefficient (Wildman–Crippen LogP) is 3.01. The first-order chi connectivity index (χ1) is 15.8. The summed E-state index contributed by atoms with van der Waals surface area (Å²) >= 11 is 0. The Labute approximate surface area is 193 Å². The highest BCUT2D eigenvalue weighted by molar-refractivity contribution is 7.89. The van der Waals surface area contributed by atoms with E-state index in [-0.39, 0.29) is 29.6 Å². The second kappa shape index (κ2) is 9.84. The van der Waals surface area contributed by atoms with Crippen molar-refractivity contribution < 1.29 is 17.6 Å². The average Bonchev–Trinajstić information content (AvgIpc) is 3.23. The SMILES string of the molecule is Cn1ccnc1C(NC(=O)CCNS(=O)(=O)c1ccc2c(c1)CCCC2)c1ccc(F)cc1. The molecule has 2 aromatic carbocycles. The van der Waals surface area contributed by atoms with Gasteiger partial charge in [0.05, 0.1) is 4.90 Å². The molecule has 0 fully saturated rings. The minimum atomic E-state index is -3.71. The van der Waals surface area contributed by atoms with E-state index in [2.05, 4.69) is 15.0 Å². The van der Waals surface area contributed by atoms with Crippen LogP contribution in [-0.4, -0.2) is 30.4 Å². The van der Waals surface area contributed by atoms with E-state index in [4.69, 9.17) is 0 Å². The number of nitrogens with one attached hydrogen (secondary N) is 2. The molecule has 0 saturated carbocycles. The molecule has 9 heteroatoms. The number of aromatic nitrogens is 2. The highest BCUT2D eigenvalue weighted by atomic mass is 32.2. The molecule has 3 aromatic rings. The van der Waals surface area contributed by atoms with Crippen molar-refractivity contribution in [2.24, 2.45) is 7.05 Å². The third-order valence-electron chi connectivity index (χ3n) is 5.90. The number of carbonyl (C=O) groups excluding carboxylic acids is 1. The van der Waals surface area contributed by atoms with Crippen LogP contribution in [0.2, 0.25) is 0 Å². The Hall–Kier alpha value is -3.04. The molecular weight excluding hydrogens is 443 g/mol. The lowest BCUT2D eigenvalue weighted by atomic mass is 9.92. The lowest BCUT2D eigenvalue weighted by Crippen LogP contribution is -2.34. The minimum absolute atomic E-state index is 0.0397. The van der Waals surface area contributed by atoms with Gasteiger partial charge in [-0.15, -0.1) is 0 Å². The van der Waals surface area contributed by atoms with Gasteiger partial charge in [-0.3, -0.25) is 4.79 Å². The molecule has 1 aliphatic rings. The molecule has 0 spiro atoms. The summed E-state index contributed by atoms with van der Waals surface area (Å²) in [6.07, 6.45) is 7.38. The average molecular weight is 471 g/mol. The molecule has 0 bridgehead atoms. The van der Waals surface area contributed by atoms with Gasteiger partial charge in [0, 0.05) is 32.4 Å². The van der Waals surface area contributed by atoms with Crippen molar-refractivity contribution in [1.29, 1.82) is 0 Å². The van der Waals surface area contributed by atoms with Crippen LogP contribution in [0, 0.1) is 5.82 Å². The summed E-state index contributed by atoms with van der Waals surface area (Å²) in [6.45, 7) is -0.0397. The first kappa shape index (κ1) is 23.1. The molecule has 7 nitrogen and oxygen atoms in total. The van der Waals surface area contributed by atoms with E-state index in [1.807, 2.05) is 6.07 Å². The molecule has 1 atom stereocenters. The lowest BCUT2D eigenvalue weighted by molar-refractivity contribution is -0.121. The zero-order valence-electron chi connectivity index (χ0n) is 18.4. The smallest absolute Gasteiger partial charge is 0.240 e. The quantitative estimate of drug-likeness (QED) is 0.529. The summed E-state index contributed by atoms with van der Waals surface area (Å²) in [4.78, 5) is 17.2. The van der Waals surface area contributed by atoms with E-state index < -0.39 is 16.1 Å². The van der Waals surface area contributed by atoms with Gasteiger partial charge in [-0.05, 0) is 66.6 Å². The Bertz CT molecular complexity index is 1240. The maximum atomic E-state index is 13.4. The van der Waals surface area contributed by atoms with Crippen LogP contribution in [0.25, 0.3) is 0 Å². The summed E-state index contributed by atoms with van der Waals surface area (Å²) in [7, 11) is -1.91. The van der Waals surface area contributed by atoms with Gasteiger partial charge in [-0.1, -0.05) is 18.2 Å². The molecule has 174 valence electrons. The maximum absolute atomic E-state index is 13.4. The largest absolute Gasteiger partial charge is 0.342 e. The minimum Gasteiger partial charge on any atom is -0.342 e. The number of fused-ring (bicyclic) bond motifs is 1. The zero-order valence-corrected chi connectivity index (χ0v) is 19.2. The van der Waals surface area contributed by atoms with Gasteiger partial charge in [0.15, 0.2) is 0 Å². The fourth-order valence-corrected chi connectivity index (χ4v) is 5.18. The number of benzene rings is 2. The van der Waals surface area contributed by atoms with E-state index in [1.165, 1.54) is 17.7 Å². The molecule has 1 aromatic heterocycles. The van der Waals surface area contributed by atoms with Crippen LogP contribution >= 0.6 is 0 Å². The second-order valence-electron chi connectivity index (χ2n) is 8.23. The summed E-state index contributed by atoms with van der Waals surface area (Å²) in [6, 6.07) is 10.5. The summed E-state index contributed by atoms with van der Waals surface area (Å²) in [5, 5.41) is 2.88. The molecule has 4 rings (SSSR count). The van der Waals surface area contributed by atoms with Gasteiger partial charge in [0.25, 0.3) is 0 Å². The molecular formula is C24H27FN4O3S. The van der Waals surface area contributed by atoms with Gasteiger partial charge in [-0.2, -0.15) is 0 Å². The number of aryl methyl sites for hydroxylation is 3. The summed E-state index contributed by atoms with van der Waals surface area (Å²) < 4.78 is 43.1. The van der Waals surface area contributed by atoms with E-state index in [0.29, 0.717) is 11.4 Å². The number of hydrogen-bond donors (Lipinski definition) is 2. The monoisotopic (exact) mass is 470 g/mol. The highest BCUT2D eigenvalue weighted by Gasteiger charge is 2.22. The summed E-state index contributed by atoms with van der Waals surface area (Å²) in [5.41, 5.74) is 2.97. The van der Waals surface area contributed by atoms with Crippen molar-refractivity contribution in [1.82, 2.24) is 19.6 Å². The second-order valence-corrected chi connectivity index (χ2v) is 10.0. The molecule has 2 N–H and O–H groups in total. The number of hydrogen-bond acceptors (Lipinski definition) is 4. The number of nitrogens with zero attached hydrogens (tertiary/aromatic N) is 2. The fraction of sp³-hybridized carbons (Fsp3) is 0.333. The Kier molecular flexibility index (Phi) is 6.90. The number of amides is 1. The van der Waals surface area contributed by atoms with Crippen molar-refractivity contribution >= 4 is 15.9 Å². The van der Waals surface area contributed by atoms with E-state index in [1.54, 1.807) is 48.3 Å². The number of rotatable bonds is 8. The van der Waals surface area contributed by atoms with Crippen molar-refractivity contribution in [2.45, 2.75) is 43.0 Å². The van der Waals surface area contributed by atoms with Crippen LogP contribution in [-0.2, 0) is 34.7 Å². The molecule has 33 heavy (non-hydrogen) atoms. The number of carbonyl (C=O) groups is 1. The number of sulfonamides is 1. The van der Waals surface area contributed by atoms with Gasteiger partial charge < -0.3 is 9.88 Å². The topological polar surface area (TPSA) is 93.1 Å². The molecule has 1 heterocycles. The third kappa shape index (κ3) is 5.48. The molecule has 0 aliphatic heterocycles. The van der Waals surface area contributed by atoms with E-state index in [9.17, 15) is 17.6 Å². The third-order valence-corrected chi connectivity index (χ3v) is 7.36. The molecule has 1 amide bonds. The van der Waals surface area contributed by atoms with E-state index >= 15 is 0 Å². The van der Waals surface area contributed by atoms with Crippen molar-refractivity contribution in [3.05, 3.63) is 83.2 Å². The van der Waals surface area contributed by atoms with Crippen molar-refractivity contribution in [3.63, 3.8) is 0 Å². The highest BCUT2D eigenvalue weighted by Crippen LogP contribution is 2.24. The van der Waals surface area contributed by atoms with Crippen molar-refractivity contribution in [3.8, 4) is 0 Å². The summed E-state index contributed by atoms with van der Waals surface area (Å²) in [5.74, 6) is -0.134. The van der Waals surface area contributed by atoms with Gasteiger partial charge in [0.2, 0.25) is 15.9 Å². The van der Waals surface area contributed by atoms with Crippen LogP contribution in [0.3, 0.4) is 0 Å². The van der Waals surface area contributed by atoms with Crippen LogP contribution < -0.4 is 10.0 Å². The first-order valence-electron chi connectivity index (χ1n) is 11.0. The predicted molar refractivity (Wildman–Crippen MR) is 122 cm³/mol. The number of imidazole rings is 1. The molecule has 0 radical (unpaired) electrons. The lowest BCUT2D eigenvalue weighted by Gasteiger charge is -2.19.